The molecular formula is C12H12N2O3. The third-order valence-corrected chi connectivity index (χ3v) is 2.16. The third-order valence-electron chi connectivity index (χ3n) is 2.16. The van der Waals surface area contributed by atoms with Gasteiger partial charge < -0.3 is 9.26 Å². The molecule has 0 aliphatic rings. The lowest BCUT2D eigenvalue weighted by molar-refractivity contribution is 0.0514. The van der Waals surface area contributed by atoms with Crippen LogP contribution < -0.4 is 0 Å². The van der Waals surface area contributed by atoms with E-state index in [4.69, 9.17) is 9.26 Å². The smallest absolute Gasteiger partial charge is 0.360 e. The van der Waals surface area contributed by atoms with Crippen LogP contribution in [0.2, 0.25) is 0 Å². The second-order valence-corrected chi connectivity index (χ2v) is 3.52. The lowest BCUT2D eigenvalue weighted by Crippen LogP contribution is -2.04. The van der Waals surface area contributed by atoms with E-state index < -0.39 is 5.97 Å². The van der Waals surface area contributed by atoms with Crippen LogP contribution in [0, 0.1) is 6.92 Å². The summed E-state index contributed by atoms with van der Waals surface area (Å²) >= 11 is 0. The topological polar surface area (TPSA) is 65.2 Å². The van der Waals surface area contributed by atoms with Gasteiger partial charge in [0.25, 0.3) is 0 Å². The number of hydrogen-bond donors (Lipinski definition) is 0. The summed E-state index contributed by atoms with van der Waals surface area (Å²) in [7, 11) is 0. The van der Waals surface area contributed by atoms with Gasteiger partial charge in [-0.15, -0.1) is 0 Å². The van der Waals surface area contributed by atoms with Gasteiger partial charge in [0.15, 0.2) is 11.5 Å². The van der Waals surface area contributed by atoms with E-state index >= 15 is 0 Å². The van der Waals surface area contributed by atoms with Crippen LogP contribution in [0.25, 0.3) is 11.5 Å². The van der Waals surface area contributed by atoms with Crippen molar-refractivity contribution in [3.8, 4) is 11.5 Å². The van der Waals surface area contributed by atoms with Crippen molar-refractivity contribution in [2.45, 2.75) is 13.8 Å². The van der Waals surface area contributed by atoms with E-state index in [2.05, 4.69) is 10.1 Å². The van der Waals surface area contributed by atoms with Gasteiger partial charge in [-0.25, -0.2) is 4.79 Å². The van der Waals surface area contributed by atoms with Crippen molar-refractivity contribution < 1.29 is 14.1 Å². The summed E-state index contributed by atoms with van der Waals surface area (Å²) in [5.41, 5.74) is 1.85. The largest absolute Gasteiger partial charge is 0.461 e. The molecule has 5 nitrogen and oxygen atoms in total. The molecule has 0 N–H and O–H groups in total. The summed E-state index contributed by atoms with van der Waals surface area (Å²) in [6, 6.07) is 5.25. The molecule has 0 saturated carbocycles. The number of carbonyl (C=O) groups is 1. The molecule has 2 aromatic heterocycles. The molecular weight excluding hydrogens is 220 g/mol. The number of aromatic nitrogens is 2. The van der Waals surface area contributed by atoms with Crippen molar-refractivity contribution in [2.75, 3.05) is 6.61 Å². The van der Waals surface area contributed by atoms with Crippen LogP contribution in [0.3, 0.4) is 0 Å². The molecule has 0 atom stereocenters. The predicted octanol–water partition coefficient (Wildman–Crippen LogP) is 2.22. The van der Waals surface area contributed by atoms with E-state index in [0.717, 1.165) is 5.56 Å². The Morgan fingerprint density at radius 1 is 1.47 bits per heavy atom. The number of pyridine rings is 1. The third kappa shape index (κ3) is 2.50. The van der Waals surface area contributed by atoms with Crippen LogP contribution in [-0.2, 0) is 4.74 Å². The average molecular weight is 232 g/mol. The molecule has 0 bridgehead atoms. The highest BCUT2D eigenvalue weighted by molar-refractivity contribution is 5.88. The van der Waals surface area contributed by atoms with Gasteiger partial charge in [0.1, 0.15) is 5.69 Å². The molecule has 2 heterocycles. The highest BCUT2D eigenvalue weighted by Crippen LogP contribution is 2.18. The van der Waals surface area contributed by atoms with Crippen molar-refractivity contribution in [3.63, 3.8) is 0 Å². The normalized spacial score (nSPS) is 10.2. The molecule has 0 aliphatic carbocycles. The van der Waals surface area contributed by atoms with Gasteiger partial charge in [-0.3, -0.25) is 4.98 Å². The predicted molar refractivity (Wildman–Crippen MR) is 60.4 cm³/mol. The van der Waals surface area contributed by atoms with Crippen molar-refractivity contribution >= 4 is 5.97 Å². The summed E-state index contributed by atoms with van der Waals surface area (Å²) in [6.07, 6.45) is 1.72. The number of nitrogens with zero attached hydrogens (tertiary/aromatic N) is 2. The first-order valence-electron chi connectivity index (χ1n) is 5.27. The zero-order chi connectivity index (χ0) is 12.3. The maximum atomic E-state index is 11.4. The first kappa shape index (κ1) is 11.3. The SMILES string of the molecule is CCOC(=O)c1cc(-c2ccc(C)cn2)on1. The van der Waals surface area contributed by atoms with Gasteiger partial charge in [-0.1, -0.05) is 11.2 Å². The van der Waals surface area contributed by atoms with Crippen LogP contribution in [-0.4, -0.2) is 22.7 Å². The van der Waals surface area contributed by atoms with Crippen LogP contribution in [0.1, 0.15) is 23.0 Å². The van der Waals surface area contributed by atoms with Gasteiger partial charge in [0, 0.05) is 12.3 Å². The quantitative estimate of drug-likeness (QED) is 0.759. The summed E-state index contributed by atoms with van der Waals surface area (Å²) < 4.78 is 9.86. The summed E-state index contributed by atoms with van der Waals surface area (Å²) in [5.74, 6) is -0.0392. The first-order valence-corrected chi connectivity index (χ1v) is 5.27. The fourth-order valence-corrected chi connectivity index (χ4v) is 1.31. The minimum absolute atomic E-state index is 0.157. The Hall–Kier alpha value is -2.17. The van der Waals surface area contributed by atoms with Gasteiger partial charge in [-0.2, -0.15) is 0 Å². The lowest BCUT2D eigenvalue weighted by atomic mass is 10.2. The summed E-state index contributed by atoms with van der Waals surface area (Å²) in [4.78, 5) is 15.6. The molecule has 5 heteroatoms. The van der Waals surface area contributed by atoms with Crippen molar-refractivity contribution in [3.05, 3.63) is 35.7 Å². The monoisotopic (exact) mass is 232 g/mol. The standard InChI is InChI=1S/C12H12N2O3/c1-3-16-12(15)10-6-11(17-14-10)9-5-4-8(2)7-13-9/h4-7H,3H2,1-2H3. The van der Waals surface area contributed by atoms with Crippen LogP contribution in [0.5, 0.6) is 0 Å². The number of hydrogen-bond acceptors (Lipinski definition) is 5. The molecule has 0 aromatic carbocycles. The van der Waals surface area contributed by atoms with Crippen LogP contribution >= 0.6 is 0 Å². The molecule has 17 heavy (non-hydrogen) atoms. The molecule has 0 spiro atoms. The average Bonchev–Trinajstić information content (AvgIpc) is 2.80. The fraction of sp³-hybridized carbons (Fsp3) is 0.250. The zero-order valence-electron chi connectivity index (χ0n) is 9.64. The van der Waals surface area contributed by atoms with Gasteiger partial charge >= 0.3 is 5.97 Å². The van der Waals surface area contributed by atoms with E-state index in [1.165, 1.54) is 6.07 Å². The van der Waals surface area contributed by atoms with Gasteiger partial charge in [-0.05, 0) is 25.5 Å². The Morgan fingerprint density at radius 3 is 2.94 bits per heavy atom. The molecule has 0 radical (unpaired) electrons. The number of carbonyl (C=O) groups excluding carboxylic acids is 1. The minimum atomic E-state index is -0.491. The van der Waals surface area contributed by atoms with E-state index in [0.29, 0.717) is 18.1 Å². The highest BCUT2D eigenvalue weighted by atomic mass is 16.5. The van der Waals surface area contributed by atoms with Crippen LogP contribution in [0.15, 0.2) is 28.9 Å². The molecule has 0 amide bonds. The Bertz CT molecular complexity index is 517. The molecule has 2 rings (SSSR count). The first-order chi connectivity index (χ1) is 8.20. The maximum absolute atomic E-state index is 11.4. The molecule has 0 unspecified atom stereocenters. The van der Waals surface area contributed by atoms with E-state index in [9.17, 15) is 4.79 Å². The van der Waals surface area contributed by atoms with Gasteiger partial charge in [0.05, 0.1) is 6.61 Å². The van der Waals surface area contributed by atoms with Gasteiger partial charge in [0.2, 0.25) is 0 Å². The number of rotatable bonds is 3. The van der Waals surface area contributed by atoms with Crippen molar-refractivity contribution in [1.82, 2.24) is 10.1 Å². The molecule has 0 saturated heterocycles. The van der Waals surface area contributed by atoms with E-state index in [1.807, 2.05) is 19.1 Å². The summed E-state index contributed by atoms with van der Waals surface area (Å²) in [6.45, 7) is 3.99. The number of ether oxygens (including phenoxy) is 1. The number of esters is 1. The van der Waals surface area contributed by atoms with E-state index in [-0.39, 0.29) is 5.69 Å². The minimum Gasteiger partial charge on any atom is -0.461 e. The molecule has 2 aromatic rings. The molecule has 0 fully saturated rings. The van der Waals surface area contributed by atoms with Crippen molar-refractivity contribution in [1.29, 1.82) is 0 Å². The zero-order valence-corrected chi connectivity index (χ0v) is 9.64. The maximum Gasteiger partial charge on any atom is 0.360 e. The van der Waals surface area contributed by atoms with Crippen molar-refractivity contribution in [2.24, 2.45) is 0 Å². The summed E-state index contributed by atoms with van der Waals surface area (Å²) in [5, 5.41) is 3.64. The molecule has 88 valence electrons. The Labute approximate surface area is 98.4 Å². The molecule has 0 aliphatic heterocycles. The van der Waals surface area contributed by atoms with Crippen LogP contribution in [0.4, 0.5) is 0 Å². The number of aryl methyl sites for hydroxylation is 1. The lowest BCUT2D eigenvalue weighted by Gasteiger charge is -1.95. The van der Waals surface area contributed by atoms with E-state index in [1.54, 1.807) is 13.1 Å². The second kappa shape index (κ2) is 4.78. The Balaban J connectivity index is 2.23. The second-order valence-electron chi connectivity index (χ2n) is 3.52. The Kier molecular flexibility index (Phi) is 3.18. The fourth-order valence-electron chi connectivity index (χ4n) is 1.31. The Morgan fingerprint density at radius 2 is 2.29 bits per heavy atom. The highest BCUT2D eigenvalue weighted by Gasteiger charge is 2.14.